The summed E-state index contributed by atoms with van der Waals surface area (Å²) >= 11 is 0. The van der Waals surface area contributed by atoms with E-state index in [4.69, 9.17) is 10.2 Å². The number of aromatic carboxylic acids is 1. The molecule has 0 bridgehead atoms. The Balaban J connectivity index is 0.000001000. The van der Waals surface area contributed by atoms with Gasteiger partial charge in [0.05, 0.1) is 8.41 Å². The van der Waals surface area contributed by atoms with Gasteiger partial charge in [-0.2, -0.15) is 0 Å². The van der Waals surface area contributed by atoms with Crippen molar-refractivity contribution in [3.05, 3.63) is 29.8 Å². The molecule has 2 N–H and O–H groups in total. The van der Waals surface area contributed by atoms with E-state index in [-0.39, 0.29) is 19.7 Å². The predicted molar refractivity (Wildman–Crippen MR) is 45.0 cm³/mol. The van der Waals surface area contributed by atoms with E-state index in [1.807, 2.05) is 0 Å². The Labute approximate surface area is 65.9 Å². The maximum atomic E-state index is 10.3. The lowest BCUT2D eigenvalue weighted by atomic mass is 10.2. The number of hydrogen-bond acceptors (Lipinski definition) is 2. The molecular weight excluding hydrogens is 143 g/mol. The van der Waals surface area contributed by atoms with E-state index in [2.05, 4.69) is 0 Å². The van der Waals surface area contributed by atoms with E-state index in [0.717, 1.165) is 0 Å². The Bertz CT molecular complexity index is 260. The van der Waals surface area contributed by atoms with Crippen LogP contribution >= 0.6 is 0 Å². The first-order valence-electron chi connectivity index (χ1n) is 2.73. The van der Waals surface area contributed by atoms with Gasteiger partial charge >= 0.3 is 5.97 Å². The zero-order valence-electron chi connectivity index (χ0n) is 5.11. The van der Waals surface area contributed by atoms with Crippen LogP contribution in [0.1, 0.15) is 10.4 Å². The summed E-state index contributed by atoms with van der Waals surface area (Å²) in [6, 6.07) is 5.81. The number of benzene rings is 1. The first-order chi connectivity index (χ1) is 4.72. The molecule has 0 radical (unpaired) electrons. The molecular formula is C7H9BO3. The van der Waals surface area contributed by atoms with Crippen molar-refractivity contribution >= 4 is 14.4 Å². The minimum atomic E-state index is -1.11. The number of carboxylic acids is 1. The second kappa shape index (κ2) is 3.66. The van der Waals surface area contributed by atoms with Crippen LogP contribution in [0.5, 0.6) is 5.75 Å². The zero-order chi connectivity index (χ0) is 7.56. The Morgan fingerprint density at radius 1 is 1.27 bits per heavy atom. The van der Waals surface area contributed by atoms with Crippen molar-refractivity contribution < 1.29 is 15.0 Å². The number of carboxylic acid groups (broad SMARTS) is 1. The lowest BCUT2D eigenvalue weighted by Crippen LogP contribution is -1.95. The number of carbonyl (C=O) groups is 1. The number of rotatable bonds is 1. The molecule has 1 aromatic carbocycles. The van der Waals surface area contributed by atoms with E-state index >= 15 is 0 Å². The molecule has 0 spiro atoms. The molecule has 0 atom stereocenters. The first kappa shape index (κ1) is 9.55. The summed E-state index contributed by atoms with van der Waals surface area (Å²) in [4.78, 5) is 10.3. The fraction of sp³-hybridized carbons (Fsp3) is 0. The third-order valence-electron chi connectivity index (χ3n) is 1.13. The van der Waals surface area contributed by atoms with Crippen molar-refractivity contribution in [3.63, 3.8) is 0 Å². The van der Waals surface area contributed by atoms with Gasteiger partial charge in [-0.25, -0.2) is 4.79 Å². The molecule has 0 saturated heterocycles. The Hall–Kier alpha value is -1.45. The molecule has 4 heteroatoms. The van der Waals surface area contributed by atoms with Crippen LogP contribution in [-0.4, -0.2) is 24.6 Å². The summed E-state index contributed by atoms with van der Waals surface area (Å²) in [5.41, 5.74) is -0.0671. The smallest absolute Gasteiger partial charge is 0.339 e. The van der Waals surface area contributed by atoms with E-state index < -0.39 is 5.97 Å². The third kappa shape index (κ3) is 2.00. The molecule has 0 unspecified atom stereocenters. The van der Waals surface area contributed by atoms with Gasteiger partial charge in [-0.3, -0.25) is 0 Å². The fourth-order valence-electron chi connectivity index (χ4n) is 0.654. The van der Waals surface area contributed by atoms with Crippen molar-refractivity contribution in [2.45, 2.75) is 0 Å². The Morgan fingerprint density at radius 3 is 2.18 bits per heavy atom. The summed E-state index contributed by atoms with van der Waals surface area (Å²) in [7, 11) is 0. The zero-order valence-corrected chi connectivity index (χ0v) is 5.11. The van der Waals surface area contributed by atoms with Gasteiger partial charge in [0.25, 0.3) is 0 Å². The van der Waals surface area contributed by atoms with Crippen LogP contribution in [0.4, 0.5) is 0 Å². The number of phenols is 1. The van der Waals surface area contributed by atoms with Crippen LogP contribution in [0, 0.1) is 0 Å². The van der Waals surface area contributed by atoms with Crippen molar-refractivity contribution in [2.24, 2.45) is 0 Å². The van der Waals surface area contributed by atoms with Gasteiger partial charge in [0.1, 0.15) is 11.3 Å². The summed E-state index contributed by atoms with van der Waals surface area (Å²) in [6.07, 6.45) is 0. The summed E-state index contributed by atoms with van der Waals surface area (Å²) in [5, 5.41) is 17.3. The van der Waals surface area contributed by atoms with Crippen LogP contribution < -0.4 is 0 Å². The topological polar surface area (TPSA) is 57.5 Å². The first-order valence-corrected chi connectivity index (χ1v) is 2.73. The van der Waals surface area contributed by atoms with Gasteiger partial charge in [0.15, 0.2) is 0 Å². The van der Waals surface area contributed by atoms with Crippen LogP contribution in [0.3, 0.4) is 0 Å². The van der Waals surface area contributed by atoms with Crippen LogP contribution in [0.2, 0.25) is 0 Å². The van der Waals surface area contributed by atoms with Gasteiger partial charge in [0.2, 0.25) is 0 Å². The van der Waals surface area contributed by atoms with E-state index in [9.17, 15) is 4.79 Å². The monoisotopic (exact) mass is 152 g/mol. The second-order valence-corrected chi connectivity index (χ2v) is 1.82. The molecule has 0 aromatic heterocycles. The van der Waals surface area contributed by atoms with Crippen molar-refractivity contribution in [3.8, 4) is 5.75 Å². The maximum absolute atomic E-state index is 10.3. The fourth-order valence-corrected chi connectivity index (χ4v) is 0.654. The molecule has 0 fully saturated rings. The highest BCUT2D eigenvalue weighted by atomic mass is 16.4. The summed E-state index contributed by atoms with van der Waals surface area (Å²) in [5.74, 6) is -1.31. The molecule has 0 amide bonds. The molecule has 1 rings (SSSR count). The SMILES string of the molecule is B.O=C(O)c1ccccc1O. The highest BCUT2D eigenvalue weighted by Crippen LogP contribution is 2.14. The van der Waals surface area contributed by atoms with Crippen LogP contribution in [0.15, 0.2) is 24.3 Å². The normalized spacial score (nSPS) is 8.36. The average molecular weight is 152 g/mol. The average Bonchev–Trinajstić information content (AvgIpc) is 1.88. The van der Waals surface area contributed by atoms with Crippen LogP contribution in [-0.2, 0) is 0 Å². The largest absolute Gasteiger partial charge is 0.507 e. The number of aromatic hydroxyl groups is 1. The summed E-state index contributed by atoms with van der Waals surface area (Å²) < 4.78 is 0. The van der Waals surface area contributed by atoms with Crippen molar-refractivity contribution in [2.75, 3.05) is 0 Å². The van der Waals surface area contributed by atoms with Crippen molar-refractivity contribution in [1.29, 1.82) is 0 Å². The quantitative estimate of drug-likeness (QED) is 0.552. The highest BCUT2D eigenvalue weighted by Gasteiger charge is 2.05. The Kier molecular flexibility index (Phi) is 3.18. The van der Waals surface area contributed by atoms with Crippen LogP contribution in [0.25, 0.3) is 0 Å². The lowest BCUT2D eigenvalue weighted by Gasteiger charge is -1.95. The van der Waals surface area contributed by atoms with Gasteiger partial charge in [-0.1, -0.05) is 12.1 Å². The molecule has 0 heterocycles. The number of hydrogen-bond donors (Lipinski definition) is 2. The highest BCUT2D eigenvalue weighted by molar-refractivity contribution is 5.90. The molecule has 0 aliphatic rings. The van der Waals surface area contributed by atoms with Gasteiger partial charge in [-0.05, 0) is 12.1 Å². The van der Waals surface area contributed by atoms with Gasteiger partial charge in [0, 0.05) is 0 Å². The molecule has 0 aliphatic heterocycles. The van der Waals surface area contributed by atoms with Crippen molar-refractivity contribution in [1.82, 2.24) is 0 Å². The third-order valence-corrected chi connectivity index (χ3v) is 1.13. The van der Waals surface area contributed by atoms with Gasteiger partial charge in [-0.15, -0.1) is 0 Å². The molecule has 0 saturated carbocycles. The molecule has 58 valence electrons. The molecule has 3 nitrogen and oxygen atoms in total. The minimum Gasteiger partial charge on any atom is -0.507 e. The van der Waals surface area contributed by atoms with E-state index in [1.165, 1.54) is 12.1 Å². The lowest BCUT2D eigenvalue weighted by molar-refractivity contribution is 0.0694. The standard InChI is InChI=1S/C7H6O3.BH3/c8-6-4-2-1-3-5(6)7(9)10;/h1-4,8H,(H,9,10);1H3. The summed E-state index contributed by atoms with van der Waals surface area (Å²) in [6.45, 7) is 0. The molecule has 11 heavy (non-hydrogen) atoms. The number of para-hydroxylation sites is 1. The second-order valence-electron chi connectivity index (χ2n) is 1.82. The molecule has 0 aliphatic carbocycles. The Morgan fingerprint density at radius 2 is 1.82 bits per heavy atom. The molecule has 1 aromatic rings. The van der Waals surface area contributed by atoms with E-state index in [1.54, 1.807) is 12.1 Å². The minimum absolute atomic E-state index is 0. The van der Waals surface area contributed by atoms with Gasteiger partial charge < -0.3 is 10.2 Å². The maximum Gasteiger partial charge on any atom is 0.339 e. The van der Waals surface area contributed by atoms with E-state index in [0.29, 0.717) is 0 Å². The predicted octanol–water partition coefficient (Wildman–Crippen LogP) is -0.0935.